The summed E-state index contributed by atoms with van der Waals surface area (Å²) in [6.07, 6.45) is 1.08. The Morgan fingerprint density at radius 3 is 2.73 bits per heavy atom. The van der Waals surface area contributed by atoms with Crippen molar-refractivity contribution in [3.05, 3.63) is 0 Å². The van der Waals surface area contributed by atoms with Crippen LogP contribution < -0.4 is 5.73 Å². The number of aliphatic hydroxyl groups excluding tert-OH is 1. The van der Waals surface area contributed by atoms with Crippen LogP contribution in [0.15, 0.2) is 0 Å². The molecule has 0 aromatic carbocycles. The molecule has 0 unspecified atom stereocenters. The van der Waals surface area contributed by atoms with Crippen molar-refractivity contribution < 1.29 is 14.6 Å². The third-order valence-electron chi connectivity index (χ3n) is 2.16. The number of aliphatic hydroxyl groups is 1. The molecule has 1 fully saturated rings. The first-order chi connectivity index (χ1) is 5.11. The second-order valence-electron chi connectivity index (χ2n) is 3.15. The van der Waals surface area contributed by atoms with Crippen LogP contribution in [0.2, 0.25) is 0 Å². The molecule has 0 aromatic heterocycles. The van der Waals surface area contributed by atoms with Crippen LogP contribution in [0.5, 0.6) is 0 Å². The summed E-state index contributed by atoms with van der Waals surface area (Å²) in [5.41, 5.74) is 5.10. The summed E-state index contributed by atoms with van der Waals surface area (Å²) in [4.78, 5) is 10.8. The number of carbonyl (C=O) groups is 1. The third-order valence-corrected chi connectivity index (χ3v) is 2.16. The second-order valence-corrected chi connectivity index (χ2v) is 3.15. The lowest BCUT2D eigenvalue weighted by atomic mass is 9.69. The van der Waals surface area contributed by atoms with Gasteiger partial charge in [0.15, 0.2) is 0 Å². The average Bonchev–Trinajstić information content (AvgIpc) is 1.97. The van der Waals surface area contributed by atoms with Crippen molar-refractivity contribution in [1.82, 2.24) is 0 Å². The molecule has 0 bridgehead atoms. The van der Waals surface area contributed by atoms with Crippen LogP contribution in [-0.4, -0.2) is 30.3 Å². The van der Waals surface area contributed by atoms with Crippen LogP contribution in [0.1, 0.15) is 12.8 Å². The Bertz CT molecular complexity index is 163. The normalized spacial score (nSPS) is 36.1. The van der Waals surface area contributed by atoms with Crippen molar-refractivity contribution >= 4 is 5.97 Å². The van der Waals surface area contributed by atoms with Crippen LogP contribution in [-0.2, 0) is 9.53 Å². The fourth-order valence-electron chi connectivity index (χ4n) is 1.38. The van der Waals surface area contributed by atoms with Crippen molar-refractivity contribution in [2.24, 2.45) is 11.7 Å². The van der Waals surface area contributed by atoms with Crippen LogP contribution in [0.4, 0.5) is 0 Å². The lowest BCUT2D eigenvalue weighted by Gasteiger charge is -2.41. The molecule has 0 heterocycles. The van der Waals surface area contributed by atoms with Gasteiger partial charge in [-0.3, -0.25) is 4.79 Å². The van der Waals surface area contributed by atoms with E-state index in [0.717, 1.165) is 0 Å². The van der Waals surface area contributed by atoms with Gasteiger partial charge in [-0.1, -0.05) is 0 Å². The van der Waals surface area contributed by atoms with Crippen LogP contribution in [0, 0.1) is 5.92 Å². The Kier molecular flexibility index (Phi) is 2.15. The number of hydrogen-bond acceptors (Lipinski definition) is 4. The van der Waals surface area contributed by atoms with Crippen molar-refractivity contribution in [2.75, 3.05) is 13.7 Å². The maximum Gasteiger partial charge on any atom is 0.308 e. The van der Waals surface area contributed by atoms with Crippen molar-refractivity contribution in [2.45, 2.75) is 18.4 Å². The van der Waals surface area contributed by atoms with E-state index < -0.39 is 5.54 Å². The van der Waals surface area contributed by atoms with Gasteiger partial charge in [0.25, 0.3) is 0 Å². The number of ether oxygens (including phenoxy) is 1. The number of rotatable bonds is 2. The Morgan fingerprint density at radius 2 is 2.36 bits per heavy atom. The standard InChI is InChI=1S/C7H13NO3/c1-11-6(10)5-2-7(8,3-5)4-9/h5,9H,2-4,8H2,1H3/t5-,7+. The molecule has 1 aliphatic rings. The van der Waals surface area contributed by atoms with Gasteiger partial charge in [0, 0.05) is 5.54 Å². The highest BCUT2D eigenvalue weighted by Crippen LogP contribution is 2.35. The van der Waals surface area contributed by atoms with E-state index in [1.807, 2.05) is 0 Å². The molecule has 0 aliphatic heterocycles. The van der Waals surface area contributed by atoms with Gasteiger partial charge in [0.2, 0.25) is 0 Å². The summed E-state index contributed by atoms with van der Waals surface area (Å²) >= 11 is 0. The van der Waals surface area contributed by atoms with Gasteiger partial charge < -0.3 is 15.6 Å². The molecule has 0 atom stereocenters. The summed E-state index contributed by atoms with van der Waals surface area (Å²) < 4.78 is 4.52. The second kappa shape index (κ2) is 2.79. The highest BCUT2D eigenvalue weighted by Gasteiger charge is 2.44. The number of hydrogen-bond donors (Lipinski definition) is 2. The van der Waals surface area contributed by atoms with E-state index in [1.165, 1.54) is 7.11 Å². The summed E-state index contributed by atoms with van der Waals surface area (Å²) in [5.74, 6) is -0.323. The fourth-order valence-corrected chi connectivity index (χ4v) is 1.38. The molecule has 4 heteroatoms. The summed E-state index contributed by atoms with van der Waals surface area (Å²) in [7, 11) is 1.36. The molecular weight excluding hydrogens is 146 g/mol. The van der Waals surface area contributed by atoms with Gasteiger partial charge in [-0.25, -0.2) is 0 Å². The Morgan fingerprint density at radius 1 is 1.82 bits per heavy atom. The quantitative estimate of drug-likeness (QED) is 0.520. The summed E-state index contributed by atoms with van der Waals surface area (Å²) in [6, 6.07) is 0. The van der Waals surface area contributed by atoms with Crippen LogP contribution in [0.3, 0.4) is 0 Å². The number of esters is 1. The monoisotopic (exact) mass is 159 g/mol. The average molecular weight is 159 g/mol. The minimum atomic E-state index is -0.529. The number of methoxy groups -OCH3 is 1. The van der Waals surface area contributed by atoms with Crippen LogP contribution >= 0.6 is 0 Å². The molecule has 1 saturated carbocycles. The highest BCUT2D eigenvalue weighted by molar-refractivity contribution is 5.73. The van der Waals surface area contributed by atoms with Gasteiger partial charge in [-0.15, -0.1) is 0 Å². The highest BCUT2D eigenvalue weighted by atomic mass is 16.5. The Labute approximate surface area is 65.3 Å². The van der Waals surface area contributed by atoms with Gasteiger partial charge in [-0.2, -0.15) is 0 Å². The topological polar surface area (TPSA) is 72.5 Å². The van der Waals surface area contributed by atoms with Crippen molar-refractivity contribution in [1.29, 1.82) is 0 Å². The zero-order chi connectivity index (χ0) is 8.48. The lowest BCUT2D eigenvalue weighted by molar-refractivity contribution is -0.151. The molecule has 0 aromatic rings. The molecule has 4 nitrogen and oxygen atoms in total. The minimum Gasteiger partial charge on any atom is -0.469 e. The number of nitrogens with two attached hydrogens (primary N) is 1. The van der Waals surface area contributed by atoms with E-state index in [-0.39, 0.29) is 18.5 Å². The first-order valence-electron chi connectivity index (χ1n) is 3.59. The summed E-state index contributed by atoms with van der Waals surface area (Å²) in [5, 5.41) is 8.74. The van der Waals surface area contributed by atoms with E-state index in [0.29, 0.717) is 12.8 Å². The molecule has 1 rings (SSSR count). The molecule has 0 radical (unpaired) electrons. The van der Waals surface area contributed by atoms with E-state index in [9.17, 15) is 4.79 Å². The van der Waals surface area contributed by atoms with Gasteiger partial charge in [-0.05, 0) is 12.8 Å². The van der Waals surface area contributed by atoms with Crippen LogP contribution in [0.25, 0.3) is 0 Å². The van der Waals surface area contributed by atoms with E-state index in [2.05, 4.69) is 4.74 Å². The number of carbonyl (C=O) groups excluding carboxylic acids is 1. The molecule has 3 N–H and O–H groups in total. The molecule has 1 aliphatic carbocycles. The van der Waals surface area contributed by atoms with E-state index in [4.69, 9.17) is 10.8 Å². The summed E-state index contributed by atoms with van der Waals surface area (Å²) in [6.45, 7) is -0.0551. The Balaban J connectivity index is 2.34. The van der Waals surface area contributed by atoms with Crippen molar-refractivity contribution in [3.8, 4) is 0 Å². The molecule has 0 saturated heterocycles. The molecule has 0 spiro atoms. The first-order valence-corrected chi connectivity index (χ1v) is 3.59. The molecule has 11 heavy (non-hydrogen) atoms. The zero-order valence-electron chi connectivity index (χ0n) is 6.54. The predicted octanol–water partition coefficient (Wildman–Crippen LogP) is -0.741. The van der Waals surface area contributed by atoms with Gasteiger partial charge in [0.05, 0.1) is 19.6 Å². The lowest BCUT2D eigenvalue weighted by Crippen LogP contribution is -2.56. The molecule has 64 valence electrons. The first kappa shape index (κ1) is 8.49. The SMILES string of the molecule is COC(=O)[C@H]1C[C@](N)(CO)C1. The van der Waals surface area contributed by atoms with E-state index >= 15 is 0 Å². The predicted molar refractivity (Wildman–Crippen MR) is 38.7 cm³/mol. The molecular formula is C7H13NO3. The van der Waals surface area contributed by atoms with Gasteiger partial charge >= 0.3 is 5.97 Å². The van der Waals surface area contributed by atoms with Gasteiger partial charge in [0.1, 0.15) is 0 Å². The minimum absolute atomic E-state index is 0.0551. The maximum atomic E-state index is 10.8. The smallest absolute Gasteiger partial charge is 0.308 e. The zero-order valence-corrected chi connectivity index (χ0v) is 6.54. The van der Waals surface area contributed by atoms with Crippen molar-refractivity contribution in [3.63, 3.8) is 0 Å². The third kappa shape index (κ3) is 1.52. The molecule has 0 amide bonds. The fraction of sp³-hybridized carbons (Fsp3) is 0.857. The van der Waals surface area contributed by atoms with E-state index in [1.54, 1.807) is 0 Å². The largest absolute Gasteiger partial charge is 0.469 e. The Hall–Kier alpha value is -0.610. The maximum absolute atomic E-state index is 10.8.